The summed E-state index contributed by atoms with van der Waals surface area (Å²) in [5, 5.41) is 3.20. The van der Waals surface area contributed by atoms with Gasteiger partial charge >= 0.3 is 5.97 Å². The highest BCUT2D eigenvalue weighted by Crippen LogP contribution is 2.19. The van der Waals surface area contributed by atoms with E-state index in [0.29, 0.717) is 5.82 Å². The fraction of sp³-hybridized carbons (Fsp3) is 0.455. The highest BCUT2D eigenvalue weighted by molar-refractivity contribution is 5.94. The van der Waals surface area contributed by atoms with E-state index < -0.39 is 11.8 Å². The number of carbonyl (C=O) groups is 1. The number of pyridine rings is 1. The maximum Gasteiger partial charge on any atom is 0.341 e. The summed E-state index contributed by atoms with van der Waals surface area (Å²) in [5.41, 5.74) is 0.175. The summed E-state index contributed by atoms with van der Waals surface area (Å²) in [4.78, 5) is 17.5. The van der Waals surface area contributed by atoms with Crippen LogP contribution in [0.25, 0.3) is 0 Å². The third-order valence-corrected chi connectivity index (χ3v) is 2.66. The molecule has 0 aliphatic carbocycles. The smallest absolute Gasteiger partial charge is 0.341 e. The Balaban J connectivity index is 2.34. The third kappa shape index (κ3) is 2.52. The molecule has 0 unspecified atom stereocenters. The van der Waals surface area contributed by atoms with Crippen LogP contribution in [-0.2, 0) is 4.74 Å². The van der Waals surface area contributed by atoms with Crippen LogP contribution in [0.4, 0.5) is 10.2 Å². The molecule has 1 aromatic rings. The minimum atomic E-state index is -0.564. The highest BCUT2D eigenvalue weighted by atomic mass is 19.1. The van der Waals surface area contributed by atoms with Crippen LogP contribution in [0.5, 0.6) is 0 Å². The lowest BCUT2D eigenvalue weighted by molar-refractivity contribution is 0.0600. The molecule has 2 rings (SSSR count). The van der Waals surface area contributed by atoms with E-state index in [1.165, 1.54) is 7.11 Å². The first-order chi connectivity index (χ1) is 8.22. The first kappa shape index (κ1) is 11.8. The summed E-state index contributed by atoms with van der Waals surface area (Å²) in [6.07, 6.45) is 1.11. The van der Waals surface area contributed by atoms with E-state index in [1.807, 2.05) is 4.90 Å². The van der Waals surface area contributed by atoms with Gasteiger partial charge in [0, 0.05) is 26.2 Å². The summed E-state index contributed by atoms with van der Waals surface area (Å²) in [5.74, 6) is -0.616. The van der Waals surface area contributed by atoms with Gasteiger partial charge in [-0.3, -0.25) is 0 Å². The molecule has 6 heteroatoms. The largest absolute Gasteiger partial charge is 0.465 e. The van der Waals surface area contributed by atoms with Crippen molar-refractivity contribution in [2.45, 2.75) is 0 Å². The second-order valence-corrected chi connectivity index (χ2v) is 3.75. The first-order valence-corrected chi connectivity index (χ1v) is 5.42. The van der Waals surface area contributed by atoms with Crippen molar-refractivity contribution in [1.29, 1.82) is 0 Å². The number of aromatic nitrogens is 1. The molecule has 0 amide bonds. The average Bonchev–Trinajstić information content (AvgIpc) is 2.38. The molecule has 1 aliphatic rings. The first-order valence-electron chi connectivity index (χ1n) is 5.42. The van der Waals surface area contributed by atoms with Crippen molar-refractivity contribution in [2.24, 2.45) is 0 Å². The molecule has 0 saturated carbocycles. The van der Waals surface area contributed by atoms with Crippen molar-refractivity contribution in [3.63, 3.8) is 0 Å². The van der Waals surface area contributed by atoms with E-state index >= 15 is 0 Å². The van der Waals surface area contributed by atoms with Gasteiger partial charge < -0.3 is 15.0 Å². The lowest BCUT2D eigenvalue weighted by Crippen LogP contribution is -2.44. The molecule has 1 fully saturated rings. The quantitative estimate of drug-likeness (QED) is 0.758. The lowest BCUT2D eigenvalue weighted by Gasteiger charge is -2.29. The van der Waals surface area contributed by atoms with Gasteiger partial charge in [-0.1, -0.05) is 0 Å². The van der Waals surface area contributed by atoms with Crippen molar-refractivity contribution in [3.8, 4) is 0 Å². The van der Waals surface area contributed by atoms with Crippen molar-refractivity contribution in [1.82, 2.24) is 10.3 Å². The Bertz CT molecular complexity index is 419. The normalized spacial score (nSPS) is 15.8. The second-order valence-electron chi connectivity index (χ2n) is 3.75. The Morgan fingerprint density at radius 2 is 2.24 bits per heavy atom. The Morgan fingerprint density at radius 3 is 2.88 bits per heavy atom. The maximum atomic E-state index is 13.1. The number of rotatable bonds is 2. The zero-order valence-electron chi connectivity index (χ0n) is 9.57. The fourth-order valence-corrected chi connectivity index (χ4v) is 1.82. The van der Waals surface area contributed by atoms with Crippen LogP contribution in [0, 0.1) is 5.82 Å². The average molecular weight is 239 g/mol. The van der Waals surface area contributed by atoms with Gasteiger partial charge in [-0.05, 0) is 6.07 Å². The van der Waals surface area contributed by atoms with Gasteiger partial charge in [-0.2, -0.15) is 0 Å². The summed E-state index contributed by atoms with van der Waals surface area (Å²) >= 11 is 0. The molecule has 1 aliphatic heterocycles. The van der Waals surface area contributed by atoms with Crippen molar-refractivity contribution in [2.75, 3.05) is 38.2 Å². The Labute approximate surface area is 98.6 Å². The monoisotopic (exact) mass is 239 g/mol. The van der Waals surface area contributed by atoms with Crippen molar-refractivity contribution >= 4 is 11.8 Å². The van der Waals surface area contributed by atoms with Gasteiger partial charge in [0.25, 0.3) is 0 Å². The topological polar surface area (TPSA) is 54.5 Å². The number of piperazine rings is 1. The molecule has 0 radical (unpaired) electrons. The summed E-state index contributed by atoms with van der Waals surface area (Å²) in [6.45, 7) is 3.12. The van der Waals surface area contributed by atoms with Gasteiger partial charge in [-0.25, -0.2) is 14.2 Å². The molecule has 1 aromatic heterocycles. The number of anilines is 1. The minimum Gasteiger partial charge on any atom is -0.465 e. The molecule has 0 spiro atoms. The molecule has 92 valence electrons. The van der Waals surface area contributed by atoms with Crippen LogP contribution < -0.4 is 10.2 Å². The van der Waals surface area contributed by atoms with Gasteiger partial charge in [0.1, 0.15) is 17.2 Å². The molecule has 5 nitrogen and oxygen atoms in total. The third-order valence-electron chi connectivity index (χ3n) is 2.66. The zero-order valence-corrected chi connectivity index (χ0v) is 9.57. The number of ether oxygens (including phenoxy) is 1. The fourth-order valence-electron chi connectivity index (χ4n) is 1.82. The Hall–Kier alpha value is -1.69. The van der Waals surface area contributed by atoms with E-state index in [1.54, 1.807) is 0 Å². The Kier molecular flexibility index (Phi) is 3.53. The number of nitrogens with zero attached hydrogens (tertiary/aromatic N) is 2. The summed E-state index contributed by atoms with van der Waals surface area (Å²) in [7, 11) is 1.27. The number of hydrogen-bond donors (Lipinski definition) is 1. The van der Waals surface area contributed by atoms with Crippen LogP contribution in [0.1, 0.15) is 10.4 Å². The molecule has 1 N–H and O–H groups in total. The predicted molar refractivity (Wildman–Crippen MR) is 60.6 cm³/mol. The van der Waals surface area contributed by atoms with Crippen LogP contribution in [0.2, 0.25) is 0 Å². The molecular weight excluding hydrogens is 225 g/mol. The van der Waals surface area contributed by atoms with Crippen molar-refractivity contribution < 1.29 is 13.9 Å². The SMILES string of the molecule is COC(=O)c1cc(F)cnc1N1CCNCC1. The van der Waals surface area contributed by atoms with Gasteiger partial charge in [0.15, 0.2) is 0 Å². The molecule has 17 heavy (non-hydrogen) atoms. The molecule has 0 aromatic carbocycles. The number of methoxy groups -OCH3 is 1. The minimum absolute atomic E-state index is 0.175. The summed E-state index contributed by atoms with van der Waals surface area (Å²) in [6, 6.07) is 1.16. The van der Waals surface area contributed by atoms with Gasteiger partial charge in [-0.15, -0.1) is 0 Å². The number of esters is 1. The van der Waals surface area contributed by atoms with Gasteiger partial charge in [0.2, 0.25) is 0 Å². The van der Waals surface area contributed by atoms with E-state index in [2.05, 4.69) is 15.0 Å². The van der Waals surface area contributed by atoms with E-state index in [-0.39, 0.29) is 5.56 Å². The van der Waals surface area contributed by atoms with E-state index in [0.717, 1.165) is 38.4 Å². The van der Waals surface area contributed by atoms with E-state index in [9.17, 15) is 9.18 Å². The lowest BCUT2D eigenvalue weighted by atomic mass is 10.2. The number of halogens is 1. The zero-order chi connectivity index (χ0) is 12.3. The molecule has 1 saturated heterocycles. The second kappa shape index (κ2) is 5.09. The van der Waals surface area contributed by atoms with Crippen LogP contribution in [0.3, 0.4) is 0 Å². The molecule has 0 atom stereocenters. The van der Waals surface area contributed by atoms with Crippen molar-refractivity contribution in [3.05, 3.63) is 23.6 Å². The van der Waals surface area contributed by atoms with Crippen LogP contribution in [0.15, 0.2) is 12.3 Å². The maximum absolute atomic E-state index is 13.1. The summed E-state index contributed by atoms with van der Waals surface area (Å²) < 4.78 is 17.7. The number of hydrogen-bond acceptors (Lipinski definition) is 5. The van der Waals surface area contributed by atoms with E-state index in [4.69, 9.17) is 0 Å². The highest BCUT2D eigenvalue weighted by Gasteiger charge is 2.20. The standard InChI is InChI=1S/C11H14FN3O2/c1-17-11(16)9-6-8(12)7-14-10(9)15-4-2-13-3-5-15/h6-7,13H,2-5H2,1H3. The van der Waals surface area contributed by atoms with Crippen LogP contribution in [-0.4, -0.2) is 44.2 Å². The van der Waals surface area contributed by atoms with Gasteiger partial charge in [0.05, 0.1) is 13.3 Å². The number of nitrogens with one attached hydrogen (secondary N) is 1. The Morgan fingerprint density at radius 1 is 1.53 bits per heavy atom. The molecule has 0 bridgehead atoms. The molecule has 2 heterocycles. The molecular formula is C11H14FN3O2. The van der Waals surface area contributed by atoms with Crippen LogP contribution >= 0.6 is 0 Å². The predicted octanol–water partition coefficient (Wildman–Crippen LogP) is 0.417. The number of carbonyl (C=O) groups excluding carboxylic acids is 1.